The molecule has 1 N–H and O–H groups in total. The SMILES string of the molecule is CN1CCCC1CCNS(=O)(=O)c1ccc(Cl)c(Cl)c1. The maximum atomic E-state index is 12.1. The fraction of sp³-hybridized carbons (Fsp3) is 0.538. The summed E-state index contributed by atoms with van der Waals surface area (Å²) in [7, 11) is -1.45. The number of halogens is 2. The Bertz CT molecular complexity index is 578. The number of hydrogen-bond acceptors (Lipinski definition) is 3. The van der Waals surface area contributed by atoms with Gasteiger partial charge in [0.15, 0.2) is 0 Å². The summed E-state index contributed by atoms with van der Waals surface area (Å²) >= 11 is 11.6. The summed E-state index contributed by atoms with van der Waals surface area (Å²) in [5.74, 6) is 0. The topological polar surface area (TPSA) is 49.4 Å². The van der Waals surface area contributed by atoms with Crippen LogP contribution in [0.15, 0.2) is 23.1 Å². The van der Waals surface area contributed by atoms with Crippen LogP contribution in [0.5, 0.6) is 0 Å². The van der Waals surface area contributed by atoms with Gasteiger partial charge in [-0.2, -0.15) is 0 Å². The molecule has 1 atom stereocenters. The standard InChI is InChI=1S/C13H18Cl2N2O2S/c1-17-8-2-3-10(17)6-7-16-20(18,19)11-4-5-12(14)13(15)9-11/h4-5,9-10,16H,2-3,6-8H2,1H3. The first-order valence-electron chi connectivity index (χ1n) is 6.55. The Morgan fingerprint density at radius 1 is 1.35 bits per heavy atom. The molecule has 20 heavy (non-hydrogen) atoms. The molecule has 7 heteroatoms. The van der Waals surface area contributed by atoms with Crippen molar-refractivity contribution in [2.24, 2.45) is 0 Å². The molecule has 1 unspecified atom stereocenters. The highest BCUT2D eigenvalue weighted by Crippen LogP contribution is 2.24. The van der Waals surface area contributed by atoms with Gasteiger partial charge in [0, 0.05) is 12.6 Å². The molecule has 0 amide bonds. The van der Waals surface area contributed by atoms with Crippen LogP contribution in [0.25, 0.3) is 0 Å². The van der Waals surface area contributed by atoms with E-state index in [2.05, 4.69) is 16.7 Å². The lowest BCUT2D eigenvalue weighted by Crippen LogP contribution is -2.31. The van der Waals surface area contributed by atoms with E-state index in [0.717, 1.165) is 19.4 Å². The zero-order valence-corrected chi connectivity index (χ0v) is 13.6. The van der Waals surface area contributed by atoms with E-state index in [0.29, 0.717) is 17.6 Å². The third kappa shape index (κ3) is 3.86. The Morgan fingerprint density at radius 2 is 2.10 bits per heavy atom. The summed E-state index contributed by atoms with van der Waals surface area (Å²) in [5, 5.41) is 0.586. The molecule has 0 spiro atoms. The van der Waals surface area contributed by atoms with E-state index in [1.165, 1.54) is 24.6 Å². The van der Waals surface area contributed by atoms with E-state index in [1.54, 1.807) is 0 Å². The van der Waals surface area contributed by atoms with Gasteiger partial charge in [-0.15, -0.1) is 0 Å². The van der Waals surface area contributed by atoms with Gasteiger partial charge in [-0.25, -0.2) is 13.1 Å². The Balaban J connectivity index is 1.95. The van der Waals surface area contributed by atoms with Crippen molar-refractivity contribution in [3.05, 3.63) is 28.2 Å². The Morgan fingerprint density at radius 3 is 2.70 bits per heavy atom. The van der Waals surface area contributed by atoms with Crippen LogP contribution in [-0.4, -0.2) is 39.5 Å². The summed E-state index contributed by atoms with van der Waals surface area (Å²) in [6.45, 7) is 1.52. The maximum absolute atomic E-state index is 12.1. The minimum absolute atomic E-state index is 0.145. The minimum atomic E-state index is -3.52. The molecule has 0 aliphatic carbocycles. The summed E-state index contributed by atoms with van der Waals surface area (Å²) < 4.78 is 26.9. The monoisotopic (exact) mass is 336 g/mol. The van der Waals surface area contributed by atoms with Crippen molar-refractivity contribution in [2.75, 3.05) is 20.1 Å². The fourth-order valence-corrected chi connectivity index (χ4v) is 3.87. The maximum Gasteiger partial charge on any atom is 0.240 e. The summed E-state index contributed by atoms with van der Waals surface area (Å²) in [5.41, 5.74) is 0. The van der Waals surface area contributed by atoms with Gasteiger partial charge in [-0.1, -0.05) is 23.2 Å². The summed E-state index contributed by atoms with van der Waals surface area (Å²) in [6.07, 6.45) is 3.13. The molecular weight excluding hydrogens is 319 g/mol. The predicted molar refractivity (Wildman–Crippen MR) is 81.9 cm³/mol. The highest BCUT2D eigenvalue weighted by molar-refractivity contribution is 7.89. The minimum Gasteiger partial charge on any atom is -0.303 e. The first-order valence-corrected chi connectivity index (χ1v) is 8.79. The molecule has 1 aliphatic rings. The van der Waals surface area contributed by atoms with Crippen molar-refractivity contribution >= 4 is 33.2 Å². The van der Waals surface area contributed by atoms with Crippen LogP contribution < -0.4 is 4.72 Å². The van der Waals surface area contributed by atoms with Gasteiger partial charge in [0.05, 0.1) is 14.9 Å². The number of nitrogens with one attached hydrogen (secondary N) is 1. The van der Waals surface area contributed by atoms with Crippen molar-refractivity contribution in [1.29, 1.82) is 0 Å². The third-order valence-corrected chi connectivity index (χ3v) is 5.84. The lowest BCUT2D eigenvalue weighted by atomic mass is 10.1. The summed E-state index contributed by atoms with van der Waals surface area (Å²) in [4.78, 5) is 2.42. The van der Waals surface area contributed by atoms with E-state index in [9.17, 15) is 8.42 Å². The number of benzene rings is 1. The largest absolute Gasteiger partial charge is 0.303 e. The van der Waals surface area contributed by atoms with Crippen LogP contribution >= 0.6 is 23.2 Å². The third-order valence-electron chi connectivity index (χ3n) is 3.64. The molecule has 1 saturated heterocycles. The molecule has 4 nitrogen and oxygen atoms in total. The van der Waals surface area contributed by atoms with Crippen molar-refractivity contribution in [3.8, 4) is 0 Å². The second kappa shape index (κ2) is 6.62. The van der Waals surface area contributed by atoms with Crippen molar-refractivity contribution in [2.45, 2.75) is 30.2 Å². The molecule has 1 aromatic rings. The van der Waals surface area contributed by atoms with Gasteiger partial charge < -0.3 is 4.90 Å². The van der Waals surface area contributed by atoms with Crippen molar-refractivity contribution in [1.82, 2.24) is 9.62 Å². The zero-order chi connectivity index (χ0) is 14.8. The van der Waals surface area contributed by atoms with Crippen LogP contribution in [0.2, 0.25) is 10.0 Å². The molecule has 0 aromatic heterocycles. The number of sulfonamides is 1. The zero-order valence-electron chi connectivity index (χ0n) is 11.3. The van der Waals surface area contributed by atoms with E-state index >= 15 is 0 Å². The second-order valence-electron chi connectivity index (χ2n) is 5.04. The van der Waals surface area contributed by atoms with Gasteiger partial charge in [-0.05, 0) is 51.1 Å². The van der Waals surface area contributed by atoms with Crippen LogP contribution in [0.4, 0.5) is 0 Å². The molecule has 1 aromatic carbocycles. The van der Waals surface area contributed by atoms with Crippen LogP contribution in [0.1, 0.15) is 19.3 Å². The molecule has 0 bridgehead atoms. The van der Waals surface area contributed by atoms with E-state index in [1.807, 2.05) is 0 Å². The van der Waals surface area contributed by atoms with Gasteiger partial charge in [-0.3, -0.25) is 0 Å². The molecule has 0 radical (unpaired) electrons. The van der Waals surface area contributed by atoms with Gasteiger partial charge >= 0.3 is 0 Å². The van der Waals surface area contributed by atoms with Crippen LogP contribution in [-0.2, 0) is 10.0 Å². The van der Waals surface area contributed by atoms with Crippen molar-refractivity contribution < 1.29 is 8.42 Å². The molecule has 2 rings (SSSR count). The smallest absolute Gasteiger partial charge is 0.240 e. The highest BCUT2D eigenvalue weighted by atomic mass is 35.5. The average Bonchev–Trinajstić information content (AvgIpc) is 2.78. The van der Waals surface area contributed by atoms with Gasteiger partial charge in [0.1, 0.15) is 0 Å². The number of hydrogen-bond donors (Lipinski definition) is 1. The first kappa shape index (κ1) is 16.0. The molecule has 0 saturated carbocycles. The number of nitrogens with zero attached hydrogens (tertiary/aromatic N) is 1. The normalized spacial score (nSPS) is 20.4. The van der Waals surface area contributed by atoms with Crippen LogP contribution in [0, 0.1) is 0 Å². The van der Waals surface area contributed by atoms with E-state index in [-0.39, 0.29) is 9.92 Å². The molecule has 1 aliphatic heterocycles. The Hall–Kier alpha value is -0.330. The average molecular weight is 337 g/mol. The lowest BCUT2D eigenvalue weighted by molar-refractivity contribution is 0.297. The number of rotatable bonds is 5. The Kier molecular flexibility index (Phi) is 5.31. The molecule has 1 fully saturated rings. The fourth-order valence-electron chi connectivity index (χ4n) is 2.43. The predicted octanol–water partition coefficient (Wildman–Crippen LogP) is 2.76. The van der Waals surface area contributed by atoms with Gasteiger partial charge in [0.2, 0.25) is 10.0 Å². The number of likely N-dealkylation sites (tertiary alicyclic amines) is 1. The van der Waals surface area contributed by atoms with Crippen LogP contribution in [0.3, 0.4) is 0 Å². The molecule has 1 heterocycles. The van der Waals surface area contributed by atoms with Gasteiger partial charge in [0.25, 0.3) is 0 Å². The molecular formula is C13H18Cl2N2O2S. The van der Waals surface area contributed by atoms with E-state index in [4.69, 9.17) is 23.2 Å². The quantitative estimate of drug-likeness (QED) is 0.899. The molecule has 112 valence electrons. The summed E-state index contributed by atoms with van der Waals surface area (Å²) in [6, 6.07) is 4.78. The second-order valence-corrected chi connectivity index (χ2v) is 7.62. The van der Waals surface area contributed by atoms with Crippen molar-refractivity contribution in [3.63, 3.8) is 0 Å². The first-order chi connectivity index (χ1) is 9.40. The highest BCUT2D eigenvalue weighted by Gasteiger charge is 2.21. The lowest BCUT2D eigenvalue weighted by Gasteiger charge is -2.19. The van der Waals surface area contributed by atoms with E-state index < -0.39 is 10.0 Å². The Labute approximate surface area is 130 Å².